The summed E-state index contributed by atoms with van der Waals surface area (Å²) >= 11 is 0. The largest absolute Gasteiger partial charge is 0.325 e. The van der Waals surface area contributed by atoms with Gasteiger partial charge in [-0.05, 0) is 41.8 Å². The predicted octanol–water partition coefficient (Wildman–Crippen LogP) is 2.96. The second kappa shape index (κ2) is 5.66. The quantitative estimate of drug-likeness (QED) is 0.890. The molecule has 3 rings (SSSR count). The van der Waals surface area contributed by atoms with Gasteiger partial charge in [0.25, 0.3) is 0 Å². The Morgan fingerprint density at radius 2 is 2.10 bits per heavy atom. The summed E-state index contributed by atoms with van der Waals surface area (Å²) in [6.07, 6.45) is 0. The normalized spacial score (nSPS) is 17.1. The highest BCUT2D eigenvalue weighted by Gasteiger charge is 2.26. The highest BCUT2D eigenvalue weighted by atomic mass is 19.1. The Morgan fingerprint density at radius 1 is 1.29 bits per heavy atom. The lowest BCUT2D eigenvalue weighted by molar-refractivity contribution is -0.117. The first kappa shape index (κ1) is 13.8. The molecule has 2 N–H and O–H groups in total. The fraction of sp³-hybridized carbons (Fsp3) is 0.235. The van der Waals surface area contributed by atoms with Crippen molar-refractivity contribution in [1.82, 2.24) is 5.32 Å². The van der Waals surface area contributed by atoms with Crippen LogP contribution in [-0.4, -0.2) is 12.5 Å². The van der Waals surface area contributed by atoms with Crippen LogP contribution >= 0.6 is 0 Å². The Balaban J connectivity index is 1.83. The number of hydrogen-bond donors (Lipinski definition) is 2. The van der Waals surface area contributed by atoms with E-state index >= 15 is 0 Å². The molecule has 2 aromatic carbocycles. The van der Waals surface area contributed by atoms with Gasteiger partial charge in [-0.25, -0.2) is 4.39 Å². The molecule has 1 amide bonds. The Labute approximate surface area is 123 Å². The van der Waals surface area contributed by atoms with Crippen molar-refractivity contribution >= 4 is 11.6 Å². The summed E-state index contributed by atoms with van der Waals surface area (Å²) in [6, 6.07) is 12.5. The first-order valence-electron chi connectivity index (χ1n) is 7.00. The lowest BCUT2D eigenvalue weighted by Gasteiger charge is -2.25. The van der Waals surface area contributed by atoms with Gasteiger partial charge in [-0.2, -0.15) is 0 Å². The number of rotatable bonds is 2. The van der Waals surface area contributed by atoms with Gasteiger partial charge < -0.3 is 10.6 Å². The average Bonchev–Trinajstić information content (AvgIpc) is 2.45. The van der Waals surface area contributed by atoms with Crippen LogP contribution < -0.4 is 10.6 Å². The molecular formula is C17H17FN2O. The molecule has 0 saturated heterocycles. The van der Waals surface area contributed by atoms with Crippen molar-refractivity contribution in [2.75, 3.05) is 11.9 Å². The molecule has 108 valence electrons. The molecule has 0 aromatic heterocycles. The van der Waals surface area contributed by atoms with Crippen molar-refractivity contribution in [3.8, 4) is 0 Å². The summed E-state index contributed by atoms with van der Waals surface area (Å²) < 4.78 is 13.4. The number of carbonyl (C=O) groups excluding carboxylic acids is 1. The van der Waals surface area contributed by atoms with E-state index in [9.17, 15) is 9.18 Å². The predicted molar refractivity (Wildman–Crippen MR) is 80.7 cm³/mol. The number of anilines is 1. The second-order valence-electron chi connectivity index (χ2n) is 5.39. The molecule has 0 radical (unpaired) electrons. The third-order valence-corrected chi connectivity index (χ3v) is 3.72. The minimum atomic E-state index is -0.340. The molecule has 4 heteroatoms. The monoisotopic (exact) mass is 284 g/mol. The van der Waals surface area contributed by atoms with E-state index in [1.165, 1.54) is 12.1 Å². The fourth-order valence-corrected chi connectivity index (χ4v) is 2.77. The van der Waals surface area contributed by atoms with Crippen LogP contribution in [0.15, 0.2) is 42.5 Å². The van der Waals surface area contributed by atoms with Crippen molar-refractivity contribution in [3.63, 3.8) is 0 Å². The lowest BCUT2D eigenvalue weighted by Crippen LogP contribution is -2.35. The van der Waals surface area contributed by atoms with E-state index in [2.05, 4.69) is 10.6 Å². The lowest BCUT2D eigenvalue weighted by atomic mass is 9.90. The number of aryl methyl sites for hydroxylation is 1. The van der Waals surface area contributed by atoms with Crippen molar-refractivity contribution in [2.45, 2.75) is 19.4 Å². The maximum atomic E-state index is 13.4. The van der Waals surface area contributed by atoms with Crippen LogP contribution in [-0.2, 0) is 11.3 Å². The van der Waals surface area contributed by atoms with Crippen LogP contribution in [0, 0.1) is 12.7 Å². The number of halogens is 1. The molecule has 21 heavy (non-hydrogen) atoms. The van der Waals surface area contributed by atoms with E-state index in [0.29, 0.717) is 12.2 Å². The van der Waals surface area contributed by atoms with Gasteiger partial charge in [-0.15, -0.1) is 0 Å². The van der Waals surface area contributed by atoms with Gasteiger partial charge in [0.2, 0.25) is 5.91 Å². The highest BCUT2D eigenvalue weighted by molar-refractivity contribution is 5.96. The summed E-state index contributed by atoms with van der Waals surface area (Å²) in [5.74, 6) is -0.703. The van der Waals surface area contributed by atoms with Crippen LogP contribution in [0.25, 0.3) is 0 Å². The van der Waals surface area contributed by atoms with Gasteiger partial charge in [0, 0.05) is 18.8 Å². The van der Waals surface area contributed by atoms with Crippen LogP contribution in [0.2, 0.25) is 0 Å². The van der Waals surface area contributed by atoms with E-state index in [0.717, 1.165) is 23.2 Å². The van der Waals surface area contributed by atoms with Gasteiger partial charge in [-0.3, -0.25) is 4.79 Å². The van der Waals surface area contributed by atoms with Gasteiger partial charge in [0.15, 0.2) is 0 Å². The maximum absolute atomic E-state index is 13.4. The number of amides is 1. The standard InChI is InChI=1S/C17H17FN2O/c1-11-6-13(18)8-14(7-11)20-17(21)16-10-19-9-12-4-2-3-5-15(12)16/h2-8,16,19H,9-10H2,1H3,(H,20,21). The van der Waals surface area contributed by atoms with Crippen molar-refractivity contribution in [1.29, 1.82) is 0 Å². The van der Waals surface area contributed by atoms with E-state index in [1.807, 2.05) is 24.3 Å². The Kier molecular flexibility index (Phi) is 3.71. The molecule has 1 aliphatic rings. The maximum Gasteiger partial charge on any atom is 0.233 e. The second-order valence-corrected chi connectivity index (χ2v) is 5.39. The third-order valence-electron chi connectivity index (χ3n) is 3.72. The molecule has 0 bridgehead atoms. The van der Waals surface area contributed by atoms with Crippen LogP contribution in [0.3, 0.4) is 0 Å². The van der Waals surface area contributed by atoms with Crippen LogP contribution in [0.4, 0.5) is 10.1 Å². The molecule has 1 aliphatic heterocycles. The zero-order chi connectivity index (χ0) is 14.8. The SMILES string of the molecule is Cc1cc(F)cc(NC(=O)C2CNCc3ccccc32)c1. The number of benzene rings is 2. The molecule has 0 spiro atoms. The smallest absolute Gasteiger partial charge is 0.233 e. The molecule has 1 atom stereocenters. The van der Waals surface area contributed by atoms with Gasteiger partial charge in [-0.1, -0.05) is 24.3 Å². The Bertz CT molecular complexity index is 664. The zero-order valence-electron chi connectivity index (χ0n) is 11.8. The molecular weight excluding hydrogens is 267 g/mol. The average molecular weight is 284 g/mol. The summed E-state index contributed by atoms with van der Waals surface area (Å²) in [7, 11) is 0. The fourth-order valence-electron chi connectivity index (χ4n) is 2.77. The molecule has 2 aromatic rings. The molecule has 1 unspecified atom stereocenters. The third kappa shape index (κ3) is 2.95. The summed E-state index contributed by atoms with van der Waals surface area (Å²) in [5, 5.41) is 6.06. The number of nitrogens with one attached hydrogen (secondary N) is 2. The van der Waals surface area contributed by atoms with Crippen molar-refractivity contribution in [3.05, 3.63) is 65.0 Å². The minimum absolute atomic E-state index is 0.111. The van der Waals surface area contributed by atoms with Gasteiger partial charge in [0.1, 0.15) is 5.82 Å². The van der Waals surface area contributed by atoms with E-state index in [4.69, 9.17) is 0 Å². The Hall–Kier alpha value is -2.20. The molecule has 3 nitrogen and oxygen atoms in total. The molecule has 0 aliphatic carbocycles. The van der Waals surface area contributed by atoms with E-state index in [1.54, 1.807) is 13.0 Å². The topological polar surface area (TPSA) is 41.1 Å². The van der Waals surface area contributed by atoms with Gasteiger partial charge in [0.05, 0.1) is 5.92 Å². The van der Waals surface area contributed by atoms with E-state index in [-0.39, 0.29) is 17.6 Å². The summed E-state index contributed by atoms with van der Waals surface area (Å²) in [4.78, 5) is 12.5. The summed E-state index contributed by atoms with van der Waals surface area (Å²) in [5.41, 5.74) is 3.47. The van der Waals surface area contributed by atoms with Gasteiger partial charge >= 0.3 is 0 Å². The molecule has 0 saturated carbocycles. The first-order chi connectivity index (χ1) is 10.1. The summed E-state index contributed by atoms with van der Waals surface area (Å²) in [6.45, 7) is 3.17. The highest BCUT2D eigenvalue weighted by Crippen LogP contribution is 2.25. The number of carbonyl (C=O) groups is 1. The van der Waals surface area contributed by atoms with Crippen molar-refractivity contribution < 1.29 is 9.18 Å². The molecule has 1 heterocycles. The van der Waals surface area contributed by atoms with Crippen molar-refractivity contribution in [2.24, 2.45) is 0 Å². The van der Waals surface area contributed by atoms with Crippen LogP contribution in [0.5, 0.6) is 0 Å². The van der Waals surface area contributed by atoms with E-state index < -0.39 is 0 Å². The first-order valence-corrected chi connectivity index (χ1v) is 7.00. The number of fused-ring (bicyclic) bond motifs is 1. The molecule has 0 fully saturated rings. The van der Waals surface area contributed by atoms with Crippen LogP contribution in [0.1, 0.15) is 22.6 Å². The number of hydrogen-bond acceptors (Lipinski definition) is 2. The Morgan fingerprint density at radius 3 is 2.90 bits per heavy atom. The minimum Gasteiger partial charge on any atom is -0.325 e. The zero-order valence-corrected chi connectivity index (χ0v) is 11.8.